The lowest BCUT2D eigenvalue weighted by Crippen LogP contribution is -2.08. The third-order valence-corrected chi connectivity index (χ3v) is 2.21. The summed E-state index contributed by atoms with van der Waals surface area (Å²) in [5.74, 6) is 0. The predicted molar refractivity (Wildman–Crippen MR) is 58.8 cm³/mol. The van der Waals surface area contributed by atoms with Crippen LogP contribution < -0.4 is 5.32 Å². The number of ether oxygens (including phenoxy) is 1. The maximum absolute atomic E-state index is 10.7. The Hall–Kier alpha value is -2.22. The Kier molecular flexibility index (Phi) is 3.15. The van der Waals surface area contributed by atoms with Gasteiger partial charge in [0.05, 0.1) is 17.2 Å². The number of nitro benzene ring substituents is 1. The molecule has 0 saturated carbocycles. The molecule has 0 fully saturated rings. The Bertz CT molecular complexity index is 539. The number of non-ortho nitro benzene ring substituents is 1. The number of hydrogen-bond donors (Lipinski definition) is 1. The first-order valence-corrected chi connectivity index (χ1v) is 4.86. The van der Waals surface area contributed by atoms with Crippen molar-refractivity contribution in [3.8, 4) is 0 Å². The Morgan fingerprint density at radius 2 is 2.24 bits per heavy atom. The number of nitrogens with zero attached hydrogens (tertiary/aromatic N) is 3. The zero-order valence-corrected chi connectivity index (χ0v) is 9.04. The van der Waals surface area contributed by atoms with E-state index in [1.165, 1.54) is 6.07 Å². The summed E-state index contributed by atoms with van der Waals surface area (Å²) >= 11 is 0. The molecule has 1 N–H and O–H groups in total. The number of hydrogen-bond acceptors (Lipinski definition) is 7. The lowest BCUT2D eigenvalue weighted by Gasteiger charge is -2.04. The molecule has 0 unspecified atom stereocenters. The van der Waals surface area contributed by atoms with Crippen molar-refractivity contribution in [1.29, 1.82) is 0 Å². The van der Waals surface area contributed by atoms with Gasteiger partial charge in [0.1, 0.15) is 0 Å². The van der Waals surface area contributed by atoms with Gasteiger partial charge < -0.3 is 10.1 Å². The average Bonchev–Trinajstić information content (AvgIpc) is 2.78. The molecule has 2 rings (SSSR count). The molecule has 1 aromatic heterocycles. The minimum Gasteiger partial charge on any atom is -0.383 e. The van der Waals surface area contributed by atoms with Gasteiger partial charge in [0.2, 0.25) is 5.52 Å². The van der Waals surface area contributed by atoms with Crippen molar-refractivity contribution in [2.45, 2.75) is 0 Å². The average molecular weight is 238 g/mol. The molecule has 17 heavy (non-hydrogen) atoms. The highest BCUT2D eigenvalue weighted by Gasteiger charge is 2.19. The second-order valence-electron chi connectivity index (χ2n) is 3.27. The minimum absolute atomic E-state index is 0.126. The molecule has 0 aliphatic rings. The number of benzene rings is 1. The van der Waals surface area contributed by atoms with E-state index in [4.69, 9.17) is 4.74 Å². The van der Waals surface area contributed by atoms with Gasteiger partial charge in [0.15, 0.2) is 5.52 Å². The van der Waals surface area contributed by atoms with E-state index >= 15 is 0 Å². The highest BCUT2D eigenvalue weighted by atomic mass is 16.6. The molecule has 90 valence electrons. The number of aromatic nitrogens is 2. The molecule has 1 heterocycles. The summed E-state index contributed by atoms with van der Waals surface area (Å²) < 4.78 is 9.42. The number of fused-ring (bicyclic) bond motifs is 1. The molecule has 1 aromatic carbocycles. The minimum atomic E-state index is -0.522. The number of nitrogens with one attached hydrogen (secondary N) is 1. The van der Waals surface area contributed by atoms with Crippen molar-refractivity contribution >= 4 is 22.4 Å². The van der Waals surface area contributed by atoms with Crippen LogP contribution in [0.2, 0.25) is 0 Å². The van der Waals surface area contributed by atoms with E-state index < -0.39 is 4.92 Å². The van der Waals surface area contributed by atoms with Gasteiger partial charge in [-0.25, -0.2) is 4.63 Å². The Labute approximate surface area is 95.7 Å². The van der Waals surface area contributed by atoms with Crippen LogP contribution in [-0.2, 0) is 4.74 Å². The van der Waals surface area contributed by atoms with Gasteiger partial charge in [-0.2, -0.15) is 0 Å². The van der Waals surface area contributed by atoms with Gasteiger partial charge in [0, 0.05) is 19.7 Å². The van der Waals surface area contributed by atoms with E-state index in [0.717, 1.165) is 0 Å². The number of nitro groups is 1. The van der Waals surface area contributed by atoms with Crippen LogP contribution in [0, 0.1) is 10.1 Å². The first-order chi connectivity index (χ1) is 8.24. The monoisotopic (exact) mass is 238 g/mol. The summed E-state index contributed by atoms with van der Waals surface area (Å²) in [5.41, 5.74) is 0.982. The van der Waals surface area contributed by atoms with Gasteiger partial charge >= 0.3 is 5.69 Å². The quantitative estimate of drug-likeness (QED) is 0.474. The molecule has 2 aromatic rings. The summed E-state index contributed by atoms with van der Waals surface area (Å²) in [4.78, 5) is 10.2. The molecule has 0 radical (unpaired) electrons. The molecular weight excluding hydrogens is 228 g/mol. The van der Waals surface area contributed by atoms with Gasteiger partial charge in [-0.05, 0) is 16.4 Å². The van der Waals surface area contributed by atoms with E-state index in [2.05, 4.69) is 20.3 Å². The van der Waals surface area contributed by atoms with Gasteiger partial charge in [-0.3, -0.25) is 10.1 Å². The highest BCUT2D eigenvalue weighted by molar-refractivity contribution is 5.93. The lowest BCUT2D eigenvalue weighted by molar-refractivity contribution is -0.383. The van der Waals surface area contributed by atoms with Crippen LogP contribution in [0.1, 0.15) is 0 Å². The van der Waals surface area contributed by atoms with Crippen molar-refractivity contribution in [3.05, 3.63) is 22.2 Å². The highest BCUT2D eigenvalue weighted by Crippen LogP contribution is 2.28. The first kappa shape index (κ1) is 11.3. The molecule has 8 nitrogen and oxygen atoms in total. The normalized spacial score (nSPS) is 10.6. The fraction of sp³-hybridized carbons (Fsp3) is 0.333. The van der Waals surface area contributed by atoms with Crippen molar-refractivity contribution < 1.29 is 14.3 Å². The Morgan fingerprint density at radius 1 is 1.47 bits per heavy atom. The number of methoxy groups -OCH3 is 1. The third kappa shape index (κ3) is 2.16. The largest absolute Gasteiger partial charge is 0.383 e. The standard InChI is InChI=1S/C9H10N4O4/c1-16-5-4-10-6-2-3-7(13(14)15)9-8(6)11-17-12-9/h2-3,10H,4-5H2,1H3. The maximum Gasteiger partial charge on any atom is 0.300 e. The Morgan fingerprint density at radius 3 is 2.94 bits per heavy atom. The fourth-order valence-electron chi connectivity index (χ4n) is 1.43. The summed E-state index contributed by atoms with van der Waals surface area (Å²) in [6.07, 6.45) is 0. The first-order valence-electron chi connectivity index (χ1n) is 4.86. The van der Waals surface area contributed by atoms with E-state index in [1.807, 2.05) is 0 Å². The van der Waals surface area contributed by atoms with E-state index in [1.54, 1.807) is 13.2 Å². The lowest BCUT2D eigenvalue weighted by atomic mass is 10.2. The van der Waals surface area contributed by atoms with Gasteiger partial charge in [-0.1, -0.05) is 0 Å². The molecule has 0 amide bonds. The van der Waals surface area contributed by atoms with E-state index in [9.17, 15) is 10.1 Å². The molecule has 0 bridgehead atoms. The smallest absolute Gasteiger partial charge is 0.300 e. The summed E-state index contributed by atoms with van der Waals surface area (Å²) in [6.45, 7) is 1.08. The zero-order valence-electron chi connectivity index (χ0n) is 9.04. The van der Waals surface area contributed by atoms with E-state index in [-0.39, 0.29) is 11.2 Å². The summed E-state index contributed by atoms with van der Waals surface area (Å²) in [7, 11) is 1.59. The topological polar surface area (TPSA) is 103 Å². The van der Waals surface area contributed by atoms with Crippen LogP contribution in [0.3, 0.4) is 0 Å². The van der Waals surface area contributed by atoms with Crippen LogP contribution in [-0.4, -0.2) is 35.5 Å². The molecular formula is C9H10N4O4. The summed E-state index contributed by atoms with van der Waals surface area (Å²) in [6, 6.07) is 2.93. The number of rotatable bonds is 5. The van der Waals surface area contributed by atoms with E-state index in [0.29, 0.717) is 24.4 Å². The molecule has 0 spiro atoms. The van der Waals surface area contributed by atoms with Crippen LogP contribution >= 0.6 is 0 Å². The molecule has 0 atom stereocenters. The van der Waals surface area contributed by atoms with Crippen molar-refractivity contribution in [3.63, 3.8) is 0 Å². The van der Waals surface area contributed by atoms with Crippen molar-refractivity contribution in [2.75, 3.05) is 25.6 Å². The molecule has 8 heteroatoms. The second kappa shape index (κ2) is 4.74. The molecule has 0 aliphatic heterocycles. The van der Waals surface area contributed by atoms with Crippen LogP contribution in [0.25, 0.3) is 11.0 Å². The third-order valence-electron chi connectivity index (χ3n) is 2.21. The van der Waals surface area contributed by atoms with Crippen molar-refractivity contribution in [2.24, 2.45) is 0 Å². The van der Waals surface area contributed by atoms with Gasteiger partial charge in [0.25, 0.3) is 0 Å². The van der Waals surface area contributed by atoms with Crippen LogP contribution in [0.4, 0.5) is 11.4 Å². The predicted octanol–water partition coefficient (Wildman–Crippen LogP) is 1.19. The second-order valence-corrected chi connectivity index (χ2v) is 3.27. The van der Waals surface area contributed by atoms with Gasteiger partial charge in [-0.15, -0.1) is 0 Å². The zero-order chi connectivity index (χ0) is 12.3. The molecule has 0 aliphatic carbocycles. The fourth-order valence-corrected chi connectivity index (χ4v) is 1.43. The molecule has 0 saturated heterocycles. The maximum atomic E-state index is 10.7. The van der Waals surface area contributed by atoms with Crippen LogP contribution in [0.5, 0.6) is 0 Å². The SMILES string of the molecule is COCCNc1ccc([N+](=O)[O-])c2nonc12. The van der Waals surface area contributed by atoms with Crippen molar-refractivity contribution in [1.82, 2.24) is 10.3 Å². The van der Waals surface area contributed by atoms with Crippen LogP contribution in [0.15, 0.2) is 16.8 Å². The summed E-state index contributed by atoms with van der Waals surface area (Å²) in [5, 5.41) is 20.9. The number of anilines is 1. The Balaban J connectivity index is 2.36.